The Hall–Kier alpha value is -0.570. The molecular weight excluding hydrogens is 226 g/mol. The molecule has 0 atom stereocenters. The van der Waals surface area contributed by atoms with Crippen molar-refractivity contribution in [1.82, 2.24) is 4.90 Å². The summed E-state index contributed by atoms with van der Waals surface area (Å²) in [6.07, 6.45) is 8.50. The molecule has 4 bridgehead atoms. The van der Waals surface area contributed by atoms with E-state index in [1.807, 2.05) is 0 Å². The zero-order chi connectivity index (χ0) is 12.8. The van der Waals surface area contributed by atoms with Gasteiger partial charge in [-0.05, 0) is 68.2 Å². The molecular formula is C15H25NO2. The van der Waals surface area contributed by atoms with Crippen molar-refractivity contribution in [3.8, 4) is 0 Å². The van der Waals surface area contributed by atoms with Crippen molar-refractivity contribution in [2.75, 3.05) is 19.6 Å². The molecule has 3 nitrogen and oxygen atoms in total. The van der Waals surface area contributed by atoms with Crippen LogP contribution in [0, 0.1) is 23.2 Å². The Morgan fingerprint density at radius 2 is 1.67 bits per heavy atom. The molecule has 0 aromatic carbocycles. The van der Waals surface area contributed by atoms with E-state index < -0.39 is 5.97 Å². The standard InChI is InChI=1S/C15H25NO2/c1-2-16(9-14(17)18)10-15-6-11-3-12(7-15)5-13(4-11)8-15/h11-13H,2-10H2,1H3,(H,17,18). The second-order valence-electron chi connectivity index (χ2n) is 7.11. The average Bonchev–Trinajstić information content (AvgIpc) is 2.25. The molecule has 0 spiro atoms. The van der Waals surface area contributed by atoms with Gasteiger partial charge in [0.1, 0.15) is 0 Å². The predicted octanol–water partition coefficient (Wildman–Crippen LogP) is 2.61. The minimum Gasteiger partial charge on any atom is -0.480 e. The first-order valence-corrected chi connectivity index (χ1v) is 7.53. The number of aliphatic carboxylic acids is 1. The minimum atomic E-state index is -0.679. The van der Waals surface area contributed by atoms with Gasteiger partial charge >= 0.3 is 5.97 Å². The van der Waals surface area contributed by atoms with Gasteiger partial charge in [0.2, 0.25) is 0 Å². The average molecular weight is 251 g/mol. The van der Waals surface area contributed by atoms with Crippen LogP contribution < -0.4 is 0 Å². The van der Waals surface area contributed by atoms with Gasteiger partial charge in [-0.2, -0.15) is 0 Å². The lowest BCUT2D eigenvalue weighted by Gasteiger charge is -2.57. The number of carbonyl (C=O) groups is 1. The first kappa shape index (κ1) is 12.5. The number of carboxylic acid groups (broad SMARTS) is 1. The molecule has 0 aromatic rings. The molecule has 1 N–H and O–H groups in total. The lowest BCUT2D eigenvalue weighted by Crippen LogP contribution is -2.51. The summed E-state index contributed by atoms with van der Waals surface area (Å²) in [5.74, 6) is 2.20. The lowest BCUT2D eigenvalue weighted by atomic mass is 9.49. The van der Waals surface area contributed by atoms with Crippen LogP contribution in [0.5, 0.6) is 0 Å². The molecule has 0 aliphatic heterocycles. The van der Waals surface area contributed by atoms with Crippen molar-refractivity contribution < 1.29 is 9.90 Å². The Labute approximate surface area is 110 Å². The van der Waals surface area contributed by atoms with Crippen LogP contribution in [0.2, 0.25) is 0 Å². The van der Waals surface area contributed by atoms with Crippen LogP contribution in [0.3, 0.4) is 0 Å². The summed E-state index contributed by atoms with van der Waals surface area (Å²) in [6, 6.07) is 0. The third-order valence-electron chi connectivity index (χ3n) is 5.53. The SMILES string of the molecule is CCN(CC(=O)O)CC12CC3CC(CC(C3)C1)C2. The van der Waals surface area contributed by atoms with Crippen LogP contribution >= 0.6 is 0 Å². The van der Waals surface area contributed by atoms with E-state index in [1.54, 1.807) is 0 Å². The number of carboxylic acids is 1. The van der Waals surface area contributed by atoms with Crippen LogP contribution in [0.15, 0.2) is 0 Å². The van der Waals surface area contributed by atoms with Crippen molar-refractivity contribution in [3.63, 3.8) is 0 Å². The number of nitrogens with zero attached hydrogens (tertiary/aromatic N) is 1. The summed E-state index contributed by atoms with van der Waals surface area (Å²) in [5, 5.41) is 8.99. The summed E-state index contributed by atoms with van der Waals surface area (Å²) in [7, 11) is 0. The van der Waals surface area contributed by atoms with Crippen LogP contribution in [0.1, 0.15) is 45.4 Å². The van der Waals surface area contributed by atoms with Gasteiger partial charge in [0.25, 0.3) is 0 Å². The zero-order valence-corrected chi connectivity index (χ0v) is 11.4. The fourth-order valence-corrected chi connectivity index (χ4v) is 5.43. The normalized spacial score (nSPS) is 41.6. The maximum absolute atomic E-state index is 10.9. The lowest BCUT2D eigenvalue weighted by molar-refractivity contribution is -0.139. The highest BCUT2D eigenvalue weighted by Gasteiger charge is 2.51. The maximum atomic E-state index is 10.9. The minimum absolute atomic E-state index is 0.220. The molecule has 4 aliphatic carbocycles. The Bertz CT molecular complexity index is 304. The largest absolute Gasteiger partial charge is 0.480 e. The quantitative estimate of drug-likeness (QED) is 0.816. The number of likely N-dealkylation sites (N-methyl/N-ethyl adjacent to an activating group) is 1. The molecule has 3 heteroatoms. The Morgan fingerprint density at radius 1 is 1.17 bits per heavy atom. The third-order valence-corrected chi connectivity index (χ3v) is 5.53. The van der Waals surface area contributed by atoms with Gasteiger partial charge in [0, 0.05) is 6.54 Å². The summed E-state index contributed by atoms with van der Waals surface area (Å²) in [5.41, 5.74) is 0.472. The van der Waals surface area contributed by atoms with Gasteiger partial charge in [-0.25, -0.2) is 0 Å². The molecule has 4 aliphatic rings. The van der Waals surface area contributed by atoms with E-state index in [0.717, 1.165) is 30.8 Å². The van der Waals surface area contributed by atoms with Gasteiger partial charge in [-0.15, -0.1) is 0 Å². The molecule has 0 unspecified atom stereocenters. The second-order valence-corrected chi connectivity index (χ2v) is 7.11. The summed E-state index contributed by atoms with van der Waals surface area (Å²) >= 11 is 0. The van der Waals surface area contributed by atoms with Crippen LogP contribution in [0.25, 0.3) is 0 Å². The number of hydrogen-bond donors (Lipinski definition) is 1. The van der Waals surface area contributed by atoms with Crippen LogP contribution in [-0.4, -0.2) is 35.6 Å². The zero-order valence-electron chi connectivity index (χ0n) is 11.4. The molecule has 0 aromatic heterocycles. The van der Waals surface area contributed by atoms with Crippen molar-refractivity contribution in [2.24, 2.45) is 23.2 Å². The number of rotatable bonds is 5. The molecule has 4 fully saturated rings. The highest BCUT2D eigenvalue weighted by atomic mass is 16.4. The monoisotopic (exact) mass is 251 g/mol. The molecule has 4 rings (SSSR count). The molecule has 0 saturated heterocycles. The summed E-state index contributed by atoms with van der Waals surface area (Å²) in [6.45, 7) is 4.20. The van der Waals surface area contributed by atoms with E-state index in [4.69, 9.17) is 5.11 Å². The number of hydrogen-bond acceptors (Lipinski definition) is 2. The highest BCUT2D eigenvalue weighted by molar-refractivity contribution is 5.69. The fraction of sp³-hybridized carbons (Fsp3) is 0.933. The van der Waals surface area contributed by atoms with Crippen molar-refractivity contribution >= 4 is 5.97 Å². The van der Waals surface area contributed by atoms with E-state index in [9.17, 15) is 4.79 Å². The second kappa shape index (κ2) is 4.52. The molecule has 0 radical (unpaired) electrons. The Kier molecular flexibility index (Phi) is 3.13. The van der Waals surface area contributed by atoms with Gasteiger partial charge in [0.15, 0.2) is 0 Å². The highest BCUT2D eigenvalue weighted by Crippen LogP contribution is 2.60. The van der Waals surface area contributed by atoms with Gasteiger partial charge in [0.05, 0.1) is 6.54 Å². The van der Waals surface area contributed by atoms with Gasteiger partial charge in [-0.1, -0.05) is 6.92 Å². The summed E-state index contributed by atoms with van der Waals surface area (Å²) in [4.78, 5) is 13.1. The Balaban J connectivity index is 1.69. The summed E-state index contributed by atoms with van der Waals surface area (Å²) < 4.78 is 0. The van der Waals surface area contributed by atoms with E-state index in [1.165, 1.54) is 38.5 Å². The Morgan fingerprint density at radius 3 is 2.06 bits per heavy atom. The van der Waals surface area contributed by atoms with Crippen molar-refractivity contribution in [3.05, 3.63) is 0 Å². The molecule has 18 heavy (non-hydrogen) atoms. The fourth-order valence-electron chi connectivity index (χ4n) is 5.43. The molecule has 4 saturated carbocycles. The molecule has 0 heterocycles. The predicted molar refractivity (Wildman–Crippen MR) is 70.4 cm³/mol. The van der Waals surface area contributed by atoms with E-state index in [2.05, 4.69) is 11.8 Å². The van der Waals surface area contributed by atoms with E-state index >= 15 is 0 Å². The smallest absolute Gasteiger partial charge is 0.317 e. The first-order valence-electron chi connectivity index (χ1n) is 7.53. The van der Waals surface area contributed by atoms with Crippen LogP contribution in [0.4, 0.5) is 0 Å². The molecule has 102 valence electrons. The van der Waals surface area contributed by atoms with E-state index in [0.29, 0.717) is 5.41 Å². The van der Waals surface area contributed by atoms with Gasteiger partial charge in [-0.3, -0.25) is 9.69 Å². The maximum Gasteiger partial charge on any atom is 0.317 e. The van der Waals surface area contributed by atoms with Gasteiger partial charge < -0.3 is 5.11 Å². The third kappa shape index (κ3) is 2.29. The topological polar surface area (TPSA) is 40.5 Å². The van der Waals surface area contributed by atoms with E-state index in [-0.39, 0.29) is 6.54 Å². The molecule has 0 amide bonds. The van der Waals surface area contributed by atoms with Crippen LogP contribution in [-0.2, 0) is 4.79 Å². The van der Waals surface area contributed by atoms with Crippen molar-refractivity contribution in [2.45, 2.75) is 45.4 Å². The van der Waals surface area contributed by atoms with Crippen molar-refractivity contribution in [1.29, 1.82) is 0 Å². The first-order chi connectivity index (χ1) is 8.58.